The van der Waals surface area contributed by atoms with Crippen LogP contribution in [0.25, 0.3) is 0 Å². The molecule has 1 N–H and O–H groups in total. The summed E-state index contributed by atoms with van der Waals surface area (Å²) < 4.78 is 11.4. The van der Waals surface area contributed by atoms with Crippen molar-refractivity contribution in [1.82, 2.24) is 4.90 Å². The maximum absolute atomic E-state index is 12.7. The number of para-hydroxylation sites is 1. The van der Waals surface area contributed by atoms with Crippen LogP contribution in [0.1, 0.15) is 17.3 Å². The average molecular weight is 421 g/mol. The zero-order valence-corrected chi connectivity index (χ0v) is 16.5. The van der Waals surface area contributed by atoms with Gasteiger partial charge in [-0.1, -0.05) is 18.2 Å². The number of methoxy groups -OCH3 is 1. The summed E-state index contributed by atoms with van der Waals surface area (Å²) in [6.45, 7) is 2.27. The third kappa shape index (κ3) is 4.98. The van der Waals surface area contributed by atoms with Crippen molar-refractivity contribution in [1.29, 1.82) is 0 Å². The van der Waals surface area contributed by atoms with Crippen molar-refractivity contribution >= 4 is 33.4 Å². The topological polar surface area (TPSA) is 67.9 Å². The van der Waals surface area contributed by atoms with Gasteiger partial charge in [0, 0.05) is 18.3 Å². The first-order valence-corrected chi connectivity index (χ1v) is 8.86. The predicted octanol–water partition coefficient (Wildman–Crippen LogP) is 3.57. The first-order chi connectivity index (χ1) is 12.5. The maximum atomic E-state index is 12.7. The second-order valence-electron chi connectivity index (χ2n) is 5.50. The first kappa shape index (κ1) is 19.8. The average Bonchev–Trinajstić information content (AvgIpc) is 2.63. The molecule has 2 aromatic carbocycles. The summed E-state index contributed by atoms with van der Waals surface area (Å²) in [5.41, 5.74) is 1.08. The molecular formula is C19H21BrN2O4. The maximum Gasteiger partial charge on any atom is 0.254 e. The lowest BCUT2D eigenvalue weighted by molar-refractivity contribution is -0.116. The number of amides is 2. The Labute approximate surface area is 161 Å². The molecule has 0 saturated heterocycles. The molecule has 0 atom stereocenters. The van der Waals surface area contributed by atoms with Gasteiger partial charge in [-0.25, -0.2) is 0 Å². The van der Waals surface area contributed by atoms with Crippen LogP contribution in [0.3, 0.4) is 0 Å². The van der Waals surface area contributed by atoms with Crippen molar-refractivity contribution in [2.45, 2.75) is 6.92 Å². The number of carbonyl (C=O) groups excluding carboxylic acids is 2. The van der Waals surface area contributed by atoms with Gasteiger partial charge in [0.25, 0.3) is 5.91 Å². The van der Waals surface area contributed by atoms with Crippen molar-refractivity contribution in [2.24, 2.45) is 0 Å². The summed E-state index contributed by atoms with van der Waals surface area (Å²) in [6, 6.07) is 12.3. The Morgan fingerprint density at radius 3 is 2.50 bits per heavy atom. The Hall–Kier alpha value is -2.54. The van der Waals surface area contributed by atoms with Crippen LogP contribution >= 0.6 is 15.9 Å². The Morgan fingerprint density at radius 2 is 1.88 bits per heavy atom. The van der Waals surface area contributed by atoms with Gasteiger partial charge in [-0.2, -0.15) is 0 Å². The van der Waals surface area contributed by atoms with Crippen LogP contribution in [-0.4, -0.2) is 44.0 Å². The summed E-state index contributed by atoms with van der Waals surface area (Å²) in [6.07, 6.45) is 0. The highest BCUT2D eigenvalue weighted by molar-refractivity contribution is 9.10. The molecule has 26 heavy (non-hydrogen) atoms. The predicted molar refractivity (Wildman–Crippen MR) is 104 cm³/mol. The van der Waals surface area contributed by atoms with Crippen molar-refractivity contribution < 1.29 is 19.1 Å². The summed E-state index contributed by atoms with van der Waals surface area (Å²) in [4.78, 5) is 26.1. The molecule has 6 nitrogen and oxygen atoms in total. The molecule has 0 aliphatic heterocycles. The van der Waals surface area contributed by atoms with Crippen LogP contribution in [0.15, 0.2) is 46.9 Å². The highest BCUT2D eigenvalue weighted by Gasteiger charge is 2.19. The molecule has 0 bridgehead atoms. The molecule has 2 rings (SSSR count). The van der Waals surface area contributed by atoms with E-state index in [1.54, 1.807) is 31.3 Å². The summed E-state index contributed by atoms with van der Waals surface area (Å²) in [5, 5.41) is 2.75. The van der Waals surface area contributed by atoms with E-state index >= 15 is 0 Å². The normalized spacial score (nSPS) is 10.2. The van der Waals surface area contributed by atoms with Crippen molar-refractivity contribution in [3.63, 3.8) is 0 Å². The third-order valence-electron chi connectivity index (χ3n) is 3.55. The molecule has 0 saturated carbocycles. The number of benzene rings is 2. The van der Waals surface area contributed by atoms with Crippen molar-refractivity contribution in [3.8, 4) is 11.5 Å². The van der Waals surface area contributed by atoms with E-state index in [9.17, 15) is 9.59 Å². The first-order valence-electron chi connectivity index (χ1n) is 8.07. The molecular weight excluding hydrogens is 400 g/mol. The molecule has 138 valence electrons. The van der Waals surface area contributed by atoms with Gasteiger partial charge in [0.05, 0.1) is 24.7 Å². The fourth-order valence-electron chi connectivity index (χ4n) is 2.36. The molecule has 0 aliphatic carbocycles. The number of hydrogen-bond donors (Lipinski definition) is 1. The number of nitrogens with zero attached hydrogens (tertiary/aromatic N) is 1. The standard InChI is InChI=1S/C19H21BrN2O4/c1-4-26-18-15(20)10-13(11-16(18)25-3)19(24)22(2)12-17(23)21-14-8-6-5-7-9-14/h5-11H,4,12H2,1-3H3,(H,21,23). The molecule has 2 amide bonds. The van der Waals surface area contributed by atoms with E-state index in [-0.39, 0.29) is 18.4 Å². The minimum Gasteiger partial charge on any atom is -0.493 e. The van der Waals surface area contributed by atoms with Gasteiger partial charge < -0.3 is 19.7 Å². The van der Waals surface area contributed by atoms with Crippen LogP contribution in [0.5, 0.6) is 11.5 Å². The van der Waals surface area contributed by atoms with E-state index in [4.69, 9.17) is 9.47 Å². The number of hydrogen-bond acceptors (Lipinski definition) is 4. The molecule has 0 fully saturated rings. The SMILES string of the molecule is CCOc1c(Br)cc(C(=O)N(C)CC(=O)Nc2ccccc2)cc1OC. The van der Waals surface area contributed by atoms with E-state index in [1.165, 1.54) is 12.0 Å². The Morgan fingerprint density at radius 1 is 1.19 bits per heavy atom. The lowest BCUT2D eigenvalue weighted by Crippen LogP contribution is -2.35. The van der Waals surface area contributed by atoms with Crippen LogP contribution in [0, 0.1) is 0 Å². The van der Waals surface area contributed by atoms with Gasteiger partial charge in [-0.15, -0.1) is 0 Å². The van der Waals surface area contributed by atoms with Crippen LogP contribution in [-0.2, 0) is 4.79 Å². The van der Waals surface area contributed by atoms with Gasteiger partial charge >= 0.3 is 0 Å². The lowest BCUT2D eigenvalue weighted by Gasteiger charge is -2.19. The molecule has 0 aliphatic rings. The summed E-state index contributed by atoms with van der Waals surface area (Å²) >= 11 is 3.40. The molecule has 0 spiro atoms. The van der Waals surface area contributed by atoms with Crippen LogP contribution in [0.2, 0.25) is 0 Å². The minimum atomic E-state index is -0.296. The second-order valence-corrected chi connectivity index (χ2v) is 6.35. The Bertz CT molecular complexity index is 781. The lowest BCUT2D eigenvalue weighted by atomic mass is 10.1. The number of anilines is 1. The van der Waals surface area contributed by atoms with Crippen LogP contribution < -0.4 is 14.8 Å². The van der Waals surface area contributed by atoms with Gasteiger partial charge in [-0.3, -0.25) is 9.59 Å². The molecule has 0 aromatic heterocycles. The molecule has 2 aromatic rings. The molecule has 0 radical (unpaired) electrons. The highest BCUT2D eigenvalue weighted by atomic mass is 79.9. The van der Waals surface area contributed by atoms with E-state index in [1.807, 2.05) is 25.1 Å². The third-order valence-corrected chi connectivity index (χ3v) is 4.14. The molecule has 0 unspecified atom stereocenters. The number of carbonyl (C=O) groups is 2. The van der Waals surface area contributed by atoms with Crippen LogP contribution in [0.4, 0.5) is 5.69 Å². The van der Waals surface area contributed by atoms with Gasteiger partial charge in [-0.05, 0) is 47.1 Å². The van der Waals surface area contributed by atoms with Gasteiger partial charge in [0.15, 0.2) is 11.5 Å². The number of halogens is 1. The fourth-order valence-corrected chi connectivity index (χ4v) is 2.91. The van der Waals surface area contributed by atoms with E-state index < -0.39 is 0 Å². The Balaban J connectivity index is 2.10. The number of rotatable bonds is 7. The van der Waals surface area contributed by atoms with E-state index in [0.717, 1.165) is 0 Å². The second kappa shape index (κ2) is 9.24. The largest absolute Gasteiger partial charge is 0.493 e. The summed E-state index contributed by atoms with van der Waals surface area (Å²) in [5.74, 6) is 0.419. The zero-order chi connectivity index (χ0) is 19.1. The number of likely N-dealkylation sites (N-methyl/N-ethyl adjacent to an activating group) is 1. The highest BCUT2D eigenvalue weighted by Crippen LogP contribution is 2.36. The molecule has 7 heteroatoms. The number of nitrogens with one attached hydrogen (secondary N) is 1. The molecule has 0 heterocycles. The van der Waals surface area contributed by atoms with Crippen molar-refractivity contribution in [3.05, 3.63) is 52.5 Å². The monoisotopic (exact) mass is 420 g/mol. The number of ether oxygens (including phenoxy) is 2. The quantitative estimate of drug-likeness (QED) is 0.743. The van der Waals surface area contributed by atoms with E-state index in [0.29, 0.717) is 33.8 Å². The Kier molecular flexibility index (Phi) is 7.03. The zero-order valence-electron chi connectivity index (χ0n) is 14.9. The smallest absolute Gasteiger partial charge is 0.254 e. The van der Waals surface area contributed by atoms with E-state index in [2.05, 4.69) is 21.2 Å². The van der Waals surface area contributed by atoms with Gasteiger partial charge in [0.2, 0.25) is 5.91 Å². The fraction of sp³-hybridized carbons (Fsp3) is 0.263. The minimum absolute atomic E-state index is 0.0686. The van der Waals surface area contributed by atoms with Gasteiger partial charge in [0.1, 0.15) is 0 Å². The van der Waals surface area contributed by atoms with Crippen molar-refractivity contribution in [2.75, 3.05) is 32.6 Å². The summed E-state index contributed by atoms with van der Waals surface area (Å²) in [7, 11) is 3.08.